The normalized spacial score (nSPS) is 12.3. The lowest BCUT2D eigenvalue weighted by Crippen LogP contribution is -1.98. The summed E-state index contributed by atoms with van der Waals surface area (Å²) in [6.07, 6.45) is 3.26. The van der Waals surface area contributed by atoms with E-state index in [1.807, 2.05) is 30.3 Å². The van der Waals surface area contributed by atoms with Crippen molar-refractivity contribution in [1.82, 2.24) is 9.78 Å². The second-order valence-corrected chi connectivity index (χ2v) is 5.00. The molecule has 0 spiro atoms. The Bertz CT molecular complexity index is 756. The van der Waals surface area contributed by atoms with Crippen LogP contribution in [0.3, 0.4) is 0 Å². The lowest BCUT2D eigenvalue weighted by Gasteiger charge is -2.09. The predicted molar refractivity (Wildman–Crippen MR) is 77.6 cm³/mol. The largest absolute Gasteiger partial charge is 0.241 e. The molecule has 2 aromatic carbocycles. The quantitative estimate of drug-likeness (QED) is 0.652. The monoisotopic (exact) mass is 304 g/mol. The van der Waals surface area contributed by atoms with E-state index in [-0.39, 0.29) is 5.56 Å². The molecule has 1 heterocycles. The number of benzene rings is 2. The Balaban J connectivity index is 1.95. The van der Waals surface area contributed by atoms with E-state index in [0.29, 0.717) is 5.56 Å². The van der Waals surface area contributed by atoms with Gasteiger partial charge in [-0.2, -0.15) is 5.10 Å². The van der Waals surface area contributed by atoms with Gasteiger partial charge in [-0.25, -0.2) is 13.5 Å². The Morgan fingerprint density at radius 3 is 2.52 bits per heavy atom. The first kappa shape index (κ1) is 13.8. The van der Waals surface area contributed by atoms with E-state index < -0.39 is 17.0 Å². The van der Waals surface area contributed by atoms with Gasteiger partial charge in [0.2, 0.25) is 0 Å². The fourth-order valence-corrected chi connectivity index (χ4v) is 2.37. The summed E-state index contributed by atoms with van der Waals surface area (Å²) in [7, 11) is 0. The first-order chi connectivity index (χ1) is 10.2. The summed E-state index contributed by atoms with van der Waals surface area (Å²) < 4.78 is 28.7. The zero-order valence-electron chi connectivity index (χ0n) is 10.9. The fourth-order valence-electron chi connectivity index (χ4n) is 2.09. The van der Waals surface area contributed by atoms with Gasteiger partial charge in [0.05, 0.1) is 17.3 Å². The zero-order chi connectivity index (χ0) is 14.8. The third-order valence-electron chi connectivity index (χ3n) is 3.17. The van der Waals surface area contributed by atoms with Crippen molar-refractivity contribution in [3.8, 4) is 5.69 Å². The van der Waals surface area contributed by atoms with E-state index in [9.17, 15) is 8.78 Å². The van der Waals surface area contributed by atoms with Gasteiger partial charge in [-0.15, -0.1) is 11.6 Å². The van der Waals surface area contributed by atoms with Gasteiger partial charge in [-0.05, 0) is 18.2 Å². The van der Waals surface area contributed by atoms with Gasteiger partial charge in [0.1, 0.15) is 0 Å². The number of rotatable bonds is 3. The van der Waals surface area contributed by atoms with Crippen LogP contribution in [0.25, 0.3) is 5.69 Å². The molecule has 0 fully saturated rings. The molecule has 3 aromatic rings. The van der Waals surface area contributed by atoms with Gasteiger partial charge in [0.15, 0.2) is 11.6 Å². The van der Waals surface area contributed by atoms with Crippen LogP contribution < -0.4 is 0 Å². The van der Waals surface area contributed by atoms with Crippen molar-refractivity contribution in [2.45, 2.75) is 5.38 Å². The van der Waals surface area contributed by atoms with Crippen LogP contribution in [0.5, 0.6) is 0 Å². The molecule has 1 aromatic heterocycles. The highest BCUT2D eigenvalue weighted by Crippen LogP contribution is 2.31. The molecule has 1 unspecified atom stereocenters. The van der Waals surface area contributed by atoms with Crippen molar-refractivity contribution in [2.75, 3.05) is 0 Å². The minimum Gasteiger partial charge on any atom is -0.241 e. The molecule has 0 amide bonds. The highest BCUT2D eigenvalue weighted by Gasteiger charge is 2.19. The van der Waals surface area contributed by atoms with E-state index in [2.05, 4.69) is 5.10 Å². The fraction of sp³-hybridized carbons (Fsp3) is 0.0625. The van der Waals surface area contributed by atoms with Crippen molar-refractivity contribution < 1.29 is 8.78 Å². The maximum atomic E-state index is 13.8. The molecule has 0 aliphatic heterocycles. The standard InChI is InChI=1S/C16H11ClF2N2/c17-15(13-7-4-8-14(18)16(13)19)11-9-20-21(10-11)12-5-2-1-3-6-12/h1-10,15H. The molecule has 3 rings (SSSR count). The van der Waals surface area contributed by atoms with E-state index in [1.54, 1.807) is 17.1 Å². The first-order valence-electron chi connectivity index (χ1n) is 6.35. The molecule has 0 N–H and O–H groups in total. The minimum atomic E-state index is -0.926. The molecule has 0 aliphatic carbocycles. The summed E-state index contributed by atoms with van der Waals surface area (Å²) >= 11 is 6.25. The summed E-state index contributed by atoms with van der Waals surface area (Å²) in [6, 6.07) is 13.4. The Hall–Kier alpha value is -2.20. The number of nitrogens with zero attached hydrogens (tertiary/aromatic N) is 2. The van der Waals surface area contributed by atoms with Gasteiger partial charge in [0.25, 0.3) is 0 Å². The van der Waals surface area contributed by atoms with Crippen LogP contribution in [0.2, 0.25) is 0 Å². The molecule has 0 radical (unpaired) electrons. The SMILES string of the molecule is Fc1cccc(C(Cl)c2cnn(-c3ccccc3)c2)c1F. The maximum absolute atomic E-state index is 13.8. The molecule has 2 nitrogen and oxygen atoms in total. The summed E-state index contributed by atoms with van der Waals surface area (Å²) in [6.45, 7) is 0. The molecular weight excluding hydrogens is 294 g/mol. The van der Waals surface area contributed by atoms with Crippen molar-refractivity contribution >= 4 is 11.6 Å². The smallest absolute Gasteiger partial charge is 0.163 e. The van der Waals surface area contributed by atoms with Crippen molar-refractivity contribution in [2.24, 2.45) is 0 Å². The summed E-state index contributed by atoms with van der Waals surface area (Å²) in [5.41, 5.74) is 1.57. The molecular formula is C16H11ClF2N2. The number of halogens is 3. The van der Waals surface area contributed by atoms with Crippen molar-refractivity contribution in [3.05, 3.63) is 83.7 Å². The lowest BCUT2D eigenvalue weighted by atomic mass is 10.1. The predicted octanol–water partition coefficient (Wildman–Crippen LogP) is 4.48. The second kappa shape index (κ2) is 5.66. The topological polar surface area (TPSA) is 17.8 Å². The molecule has 0 saturated heterocycles. The molecule has 1 atom stereocenters. The van der Waals surface area contributed by atoms with Crippen LogP contribution in [0, 0.1) is 11.6 Å². The van der Waals surface area contributed by atoms with E-state index in [0.717, 1.165) is 11.8 Å². The average Bonchev–Trinajstić information content (AvgIpc) is 3.00. The highest BCUT2D eigenvalue weighted by atomic mass is 35.5. The average molecular weight is 305 g/mol. The van der Waals surface area contributed by atoms with Crippen molar-refractivity contribution in [3.63, 3.8) is 0 Å². The lowest BCUT2D eigenvalue weighted by molar-refractivity contribution is 0.500. The number of hydrogen-bond acceptors (Lipinski definition) is 1. The second-order valence-electron chi connectivity index (χ2n) is 4.56. The third-order valence-corrected chi connectivity index (χ3v) is 3.66. The Morgan fingerprint density at radius 2 is 1.76 bits per heavy atom. The van der Waals surface area contributed by atoms with Gasteiger partial charge in [0, 0.05) is 17.3 Å². The van der Waals surface area contributed by atoms with Gasteiger partial charge in [-0.1, -0.05) is 30.3 Å². The number of aromatic nitrogens is 2. The Kier molecular flexibility index (Phi) is 3.71. The molecule has 21 heavy (non-hydrogen) atoms. The zero-order valence-corrected chi connectivity index (χ0v) is 11.6. The number of hydrogen-bond donors (Lipinski definition) is 0. The molecule has 0 aliphatic rings. The van der Waals surface area contributed by atoms with Crippen LogP contribution >= 0.6 is 11.6 Å². The number of para-hydroxylation sites is 1. The maximum Gasteiger partial charge on any atom is 0.163 e. The van der Waals surface area contributed by atoms with Gasteiger partial charge < -0.3 is 0 Å². The van der Waals surface area contributed by atoms with Gasteiger partial charge >= 0.3 is 0 Å². The summed E-state index contributed by atoms with van der Waals surface area (Å²) in [4.78, 5) is 0. The van der Waals surface area contributed by atoms with Crippen molar-refractivity contribution in [1.29, 1.82) is 0 Å². The van der Waals surface area contributed by atoms with Crippen LogP contribution in [-0.4, -0.2) is 9.78 Å². The molecule has 106 valence electrons. The third kappa shape index (κ3) is 2.67. The summed E-state index contributed by atoms with van der Waals surface area (Å²) in [5, 5.41) is 3.41. The van der Waals surface area contributed by atoms with Crippen LogP contribution in [-0.2, 0) is 0 Å². The Morgan fingerprint density at radius 1 is 1.00 bits per heavy atom. The van der Waals surface area contributed by atoms with E-state index in [4.69, 9.17) is 11.6 Å². The van der Waals surface area contributed by atoms with Crippen LogP contribution in [0.1, 0.15) is 16.5 Å². The highest BCUT2D eigenvalue weighted by molar-refractivity contribution is 6.22. The number of alkyl halides is 1. The Labute approximate surface area is 125 Å². The minimum absolute atomic E-state index is 0.101. The van der Waals surface area contributed by atoms with E-state index >= 15 is 0 Å². The summed E-state index contributed by atoms with van der Waals surface area (Å²) in [5.74, 6) is -1.83. The van der Waals surface area contributed by atoms with Gasteiger partial charge in [-0.3, -0.25) is 0 Å². The van der Waals surface area contributed by atoms with E-state index in [1.165, 1.54) is 12.1 Å². The molecule has 0 bridgehead atoms. The van der Waals surface area contributed by atoms with Crippen LogP contribution in [0.15, 0.2) is 60.9 Å². The molecule has 5 heteroatoms. The molecule has 0 saturated carbocycles. The van der Waals surface area contributed by atoms with Crippen LogP contribution in [0.4, 0.5) is 8.78 Å². The first-order valence-corrected chi connectivity index (χ1v) is 6.78.